The summed E-state index contributed by atoms with van der Waals surface area (Å²) < 4.78 is 5.35. The molecule has 0 aliphatic carbocycles. The highest BCUT2D eigenvalue weighted by molar-refractivity contribution is 5.89. The topological polar surface area (TPSA) is 26.3 Å². The molecule has 0 radical (unpaired) electrons. The van der Waals surface area contributed by atoms with Crippen molar-refractivity contribution in [2.75, 3.05) is 6.61 Å². The molecule has 2 aromatic rings. The first-order chi connectivity index (χ1) is 11.7. The molecule has 0 aliphatic rings. The monoisotopic (exact) mass is 320 g/mol. The minimum Gasteiger partial charge on any atom is -0.462 e. The maximum Gasteiger partial charge on any atom is 0.338 e. The summed E-state index contributed by atoms with van der Waals surface area (Å²) in [6, 6.07) is 19.3. The second-order valence-electron chi connectivity index (χ2n) is 6.01. The zero-order valence-corrected chi connectivity index (χ0v) is 14.4. The van der Waals surface area contributed by atoms with Gasteiger partial charge in [0.05, 0.1) is 12.2 Å². The lowest BCUT2D eigenvalue weighted by Gasteiger charge is -2.07. The summed E-state index contributed by atoms with van der Waals surface area (Å²) in [5.74, 6) is 0.193. The number of benzene rings is 2. The van der Waals surface area contributed by atoms with Crippen LogP contribution in [0.3, 0.4) is 0 Å². The normalized spacial score (nSPS) is 10.1. The zero-order valence-electron chi connectivity index (χ0n) is 14.4. The summed E-state index contributed by atoms with van der Waals surface area (Å²) in [4.78, 5) is 11.9. The molecule has 0 atom stereocenters. The average molecular weight is 320 g/mol. The number of esters is 1. The van der Waals surface area contributed by atoms with Gasteiger partial charge in [0, 0.05) is 5.57 Å². The first-order valence-corrected chi connectivity index (χ1v) is 8.40. The molecule has 2 rings (SSSR count). The highest BCUT2D eigenvalue weighted by atomic mass is 16.5. The van der Waals surface area contributed by atoms with Gasteiger partial charge in [0.15, 0.2) is 0 Å². The van der Waals surface area contributed by atoms with Crippen LogP contribution in [0.4, 0.5) is 0 Å². The van der Waals surface area contributed by atoms with Crippen LogP contribution in [0.1, 0.15) is 42.6 Å². The molecule has 0 saturated heterocycles. The van der Waals surface area contributed by atoms with Crippen molar-refractivity contribution < 1.29 is 9.53 Å². The van der Waals surface area contributed by atoms with Gasteiger partial charge >= 0.3 is 5.97 Å². The lowest BCUT2D eigenvalue weighted by atomic mass is 10.0. The van der Waals surface area contributed by atoms with Crippen molar-refractivity contribution >= 4 is 11.5 Å². The van der Waals surface area contributed by atoms with Crippen LogP contribution in [0.2, 0.25) is 0 Å². The largest absolute Gasteiger partial charge is 0.462 e. The SMILES string of the molecule is CC(C)C=C=C(CCCOC(=O)c1ccccc1)c1ccccc1. The fourth-order valence-electron chi connectivity index (χ4n) is 2.28. The highest BCUT2D eigenvalue weighted by Gasteiger charge is 2.06. The van der Waals surface area contributed by atoms with E-state index in [4.69, 9.17) is 4.74 Å². The van der Waals surface area contributed by atoms with E-state index in [1.165, 1.54) is 5.56 Å². The Bertz CT molecular complexity index is 693. The van der Waals surface area contributed by atoms with Crippen molar-refractivity contribution in [2.45, 2.75) is 26.7 Å². The van der Waals surface area contributed by atoms with E-state index in [2.05, 4.69) is 37.8 Å². The quantitative estimate of drug-likeness (QED) is 0.381. The summed E-state index contributed by atoms with van der Waals surface area (Å²) in [5.41, 5.74) is 6.32. The van der Waals surface area contributed by atoms with Gasteiger partial charge < -0.3 is 4.74 Å². The Morgan fingerprint density at radius 2 is 1.58 bits per heavy atom. The Labute approximate surface area is 144 Å². The molecular formula is C22H24O2. The van der Waals surface area contributed by atoms with Crippen LogP contribution in [0.5, 0.6) is 0 Å². The van der Waals surface area contributed by atoms with Crippen LogP contribution >= 0.6 is 0 Å². The van der Waals surface area contributed by atoms with Crippen molar-refractivity contribution in [3.63, 3.8) is 0 Å². The number of allylic oxidation sites excluding steroid dienone is 1. The van der Waals surface area contributed by atoms with Crippen LogP contribution in [0, 0.1) is 5.92 Å². The third-order valence-corrected chi connectivity index (χ3v) is 3.53. The minimum absolute atomic E-state index is 0.265. The number of hydrogen-bond acceptors (Lipinski definition) is 2. The number of carbonyl (C=O) groups excluding carboxylic acids is 1. The molecule has 2 heteroatoms. The molecule has 2 nitrogen and oxygen atoms in total. The van der Waals surface area contributed by atoms with Crippen LogP contribution in [0.25, 0.3) is 5.57 Å². The molecule has 124 valence electrons. The van der Waals surface area contributed by atoms with Crippen molar-refractivity contribution in [2.24, 2.45) is 5.92 Å². The van der Waals surface area contributed by atoms with Crippen LogP contribution in [-0.4, -0.2) is 12.6 Å². The van der Waals surface area contributed by atoms with Crippen molar-refractivity contribution in [3.8, 4) is 0 Å². The maximum atomic E-state index is 11.9. The molecule has 0 bridgehead atoms. The van der Waals surface area contributed by atoms with Gasteiger partial charge in [-0.15, -0.1) is 5.73 Å². The van der Waals surface area contributed by atoms with Crippen LogP contribution in [0.15, 0.2) is 72.5 Å². The van der Waals surface area contributed by atoms with E-state index >= 15 is 0 Å². The Morgan fingerprint density at radius 3 is 2.17 bits per heavy atom. The molecular weight excluding hydrogens is 296 g/mol. The van der Waals surface area contributed by atoms with E-state index in [-0.39, 0.29) is 5.97 Å². The number of carbonyl (C=O) groups is 1. The molecule has 0 fully saturated rings. The third-order valence-electron chi connectivity index (χ3n) is 3.53. The van der Waals surface area contributed by atoms with Gasteiger partial charge in [-0.25, -0.2) is 4.79 Å². The molecule has 0 aromatic heterocycles. The summed E-state index contributed by atoms with van der Waals surface area (Å²) in [5, 5.41) is 0. The summed E-state index contributed by atoms with van der Waals surface area (Å²) in [6.45, 7) is 4.68. The maximum absolute atomic E-state index is 11.9. The second-order valence-corrected chi connectivity index (χ2v) is 6.01. The number of ether oxygens (including phenoxy) is 1. The van der Waals surface area contributed by atoms with Gasteiger partial charge in [0.2, 0.25) is 0 Å². The van der Waals surface area contributed by atoms with Crippen LogP contribution < -0.4 is 0 Å². The fraction of sp³-hybridized carbons (Fsp3) is 0.273. The standard InChI is InChI=1S/C22H24O2/c1-18(2)15-16-20(19-10-5-3-6-11-19)14-9-17-24-22(23)21-12-7-4-8-13-21/h3-8,10-13,15,18H,9,14,17H2,1-2H3. The zero-order chi connectivity index (χ0) is 17.2. The molecule has 2 aromatic carbocycles. The average Bonchev–Trinajstić information content (AvgIpc) is 2.62. The first kappa shape index (κ1) is 17.8. The van der Waals surface area contributed by atoms with Crippen molar-refractivity contribution in [1.82, 2.24) is 0 Å². The Hall–Kier alpha value is -2.57. The van der Waals surface area contributed by atoms with E-state index in [1.54, 1.807) is 12.1 Å². The van der Waals surface area contributed by atoms with Crippen molar-refractivity contribution in [1.29, 1.82) is 0 Å². The van der Waals surface area contributed by atoms with Gasteiger partial charge in [0.25, 0.3) is 0 Å². The first-order valence-electron chi connectivity index (χ1n) is 8.40. The smallest absolute Gasteiger partial charge is 0.338 e. The van der Waals surface area contributed by atoms with Gasteiger partial charge in [-0.1, -0.05) is 62.4 Å². The number of rotatable bonds is 7. The predicted molar refractivity (Wildman–Crippen MR) is 98.7 cm³/mol. The third kappa shape index (κ3) is 5.91. The fourth-order valence-corrected chi connectivity index (χ4v) is 2.28. The van der Waals surface area contributed by atoms with E-state index in [0.29, 0.717) is 18.1 Å². The van der Waals surface area contributed by atoms with Crippen LogP contribution in [-0.2, 0) is 4.74 Å². The Kier molecular flexibility index (Phi) is 7.07. The molecule has 24 heavy (non-hydrogen) atoms. The Balaban J connectivity index is 1.92. The molecule has 0 N–H and O–H groups in total. The minimum atomic E-state index is -0.265. The lowest BCUT2D eigenvalue weighted by molar-refractivity contribution is 0.0502. The molecule has 0 aliphatic heterocycles. The van der Waals surface area contributed by atoms with Gasteiger partial charge in [-0.3, -0.25) is 0 Å². The van der Waals surface area contributed by atoms with E-state index in [0.717, 1.165) is 18.4 Å². The van der Waals surface area contributed by atoms with Gasteiger partial charge in [-0.05, 0) is 42.5 Å². The predicted octanol–water partition coefficient (Wildman–Crippen LogP) is 5.52. The van der Waals surface area contributed by atoms with E-state index in [9.17, 15) is 4.79 Å². The molecule has 0 spiro atoms. The summed E-state index contributed by atoms with van der Waals surface area (Å²) in [6.07, 6.45) is 3.69. The number of hydrogen-bond donors (Lipinski definition) is 0. The second kappa shape index (κ2) is 9.54. The molecule has 0 heterocycles. The Morgan fingerprint density at radius 1 is 1.00 bits per heavy atom. The van der Waals surface area contributed by atoms with Gasteiger partial charge in [-0.2, -0.15) is 0 Å². The summed E-state index contributed by atoms with van der Waals surface area (Å²) >= 11 is 0. The highest BCUT2D eigenvalue weighted by Crippen LogP contribution is 2.19. The van der Waals surface area contributed by atoms with Crippen molar-refractivity contribution in [3.05, 3.63) is 83.6 Å². The lowest BCUT2D eigenvalue weighted by Crippen LogP contribution is -2.06. The molecule has 0 saturated carbocycles. The van der Waals surface area contributed by atoms with E-state index < -0.39 is 0 Å². The summed E-state index contributed by atoms with van der Waals surface area (Å²) in [7, 11) is 0. The molecule has 0 amide bonds. The van der Waals surface area contributed by atoms with E-state index in [1.807, 2.05) is 36.4 Å². The molecule has 0 unspecified atom stereocenters. The van der Waals surface area contributed by atoms with Gasteiger partial charge in [0.1, 0.15) is 0 Å².